The number of hydrogen-bond acceptors (Lipinski definition) is 3. The molecule has 4 N–H and O–H groups in total. The van der Waals surface area contributed by atoms with E-state index in [0.29, 0.717) is 6.07 Å². The van der Waals surface area contributed by atoms with Gasteiger partial charge in [-0.15, -0.1) is 0 Å². The van der Waals surface area contributed by atoms with Crippen LogP contribution < -0.4 is 10.5 Å². The number of halogens is 2. The van der Waals surface area contributed by atoms with Crippen LogP contribution in [0.2, 0.25) is 0 Å². The molecule has 18 heavy (non-hydrogen) atoms. The van der Waals surface area contributed by atoms with Crippen molar-refractivity contribution in [3.05, 3.63) is 29.8 Å². The lowest BCUT2D eigenvalue weighted by Crippen LogP contribution is -2.43. The maximum atomic E-state index is 13.4. The molecule has 0 fully saturated rings. The Balaban J connectivity index is 3.10. The first-order chi connectivity index (χ1) is 8.27. The van der Waals surface area contributed by atoms with E-state index in [9.17, 15) is 17.2 Å². The molecule has 0 saturated carbocycles. The maximum absolute atomic E-state index is 13.4. The minimum atomic E-state index is -4.18. The second-order valence-corrected chi connectivity index (χ2v) is 5.29. The number of rotatable bonds is 5. The van der Waals surface area contributed by atoms with E-state index in [0.717, 1.165) is 12.1 Å². The average molecular weight is 277 g/mol. The summed E-state index contributed by atoms with van der Waals surface area (Å²) in [6.07, 6.45) is 0.247. The van der Waals surface area contributed by atoms with Crippen LogP contribution in [0.25, 0.3) is 0 Å². The standard InChI is InChI=1S/C10H13F2N3O2S/c1-2-8(10(13)14)15-18(16,17)9-4-3-6(11)5-7(9)12/h3-5,8,15H,2H2,1H3,(H3,13,14). The molecular weight excluding hydrogens is 264 g/mol. The molecule has 100 valence electrons. The predicted molar refractivity (Wildman–Crippen MR) is 62.7 cm³/mol. The topological polar surface area (TPSA) is 96.0 Å². The van der Waals surface area contributed by atoms with Gasteiger partial charge in [0.25, 0.3) is 0 Å². The number of hydrogen-bond donors (Lipinski definition) is 3. The highest BCUT2D eigenvalue weighted by molar-refractivity contribution is 7.89. The third-order valence-corrected chi connectivity index (χ3v) is 3.77. The van der Waals surface area contributed by atoms with Gasteiger partial charge in [0.2, 0.25) is 10.0 Å². The minimum absolute atomic E-state index is 0.247. The maximum Gasteiger partial charge on any atom is 0.244 e. The smallest absolute Gasteiger partial charge is 0.244 e. The van der Waals surface area contributed by atoms with Gasteiger partial charge in [0.15, 0.2) is 0 Å². The monoisotopic (exact) mass is 277 g/mol. The van der Waals surface area contributed by atoms with Crippen LogP contribution in [-0.4, -0.2) is 20.3 Å². The molecule has 0 aliphatic carbocycles. The molecule has 0 aliphatic heterocycles. The highest BCUT2D eigenvalue weighted by Crippen LogP contribution is 2.16. The van der Waals surface area contributed by atoms with Crippen LogP contribution in [0.15, 0.2) is 23.1 Å². The van der Waals surface area contributed by atoms with Crippen LogP contribution in [0, 0.1) is 17.0 Å². The van der Waals surface area contributed by atoms with Crippen LogP contribution in [0.5, 0.6) is 0 Å². The number of benzene rings is 1. The molecular formula is C10H13F2N3O2S. The average Bonchev–Trinajstić information content (AvgIpc) is 2.24. The van der Waals surface area contributed by atoms with Gasteiger partial charge in [-0.05, 0) is 18.6 Å². The number of nitrogens with two attached hydrogens (primary N) is 1. The van der Waals surface area contributed by atoms with Gasteiger partial charge in [-0.2, -0.15) is 0 Å². The zero-order valence-electron chi connectivity index (χ0n) is 9.57. The lowest BCUT2D eigenvalue weighted by atomic mass is 10.2. The van der Waals surface area contributed by atoms with Crippen molar-refractivity contribution in [2.75, 3.05) is 0 Å². The van der Waals surface area contributed by atoms with Gasteiger partial charge in [0.1, 0.15) is 22.4 Å². The molecule has 1 rings (SSSR count). The van der Waals surface area contributed by atoms with E-state index in [1.807, 2.05) is 0 Å². The summed E-state index contributed by atoms with van der Waals surface area (Å²) in [5, 5.41) is 7.18. The first-order valence-corrected chi connectivity index (χ1v) is 6.57. The van der Waals surface area contributed by atoms with Gasteiger partial charge >= 0.3 is 0 Å². The summed E-state index contributed by atoms with van der Waals surface area (Å²) in [5.74, 6) is -2.44. The number of nitrogens with one attached hydrogen (secondary N) is 2. The zero-order valence-corrected chi connectivity index (χ0v) is 10.4. The highest BCUT2D eigenvalue weighted by Gasteiger charge is 2.24. The normalized spacial score (nSPS) is 13.3. The lowest BCUT2D eigenvalue weighted by molar-refractivity contribution is 0.539. The van der Waals surface area contributed by atoms with Gasteiger partial charge in [0.05, 0.1) is 6.04 Å². The summed E-state index contributed by atoms with van der Waals surface area (Å²) < 4.78 is 51.7. The van der Waals surface area contributed by atoms with Gasteiger partial charge in [-0.3, -0.25) is 5.41 Å². The molecule has 1 aromatic rings. The van der Waals surface area contributed by atoms with Crippen molar-refractivity contribution in [3.63, 3.8) is 0 Å². The molecule has 1 aromatic carbocycles. The van der Waals surface area contributed by atoms with E-state index < -0.39 is 32.6 Å². The molecule has 8 heteroatoms. The molecule has 0 heterocycles. The van der Waals surface area contributed by atoms with Crippen LogP contribution in [0.4, 0.5) is 8.78 Å². The van der Waals surface area contributed by atoms with Crippen LogP contribution in [0.1, 0.15) is 13.3 Å². The Morgan fingerprint density at radius 3 is 2.56 bits per heavy atom. The summed E-state index contributed by atoms with van der Waals surface area (Å²) in [7, 11) is -4.18. The van der Waals surface area contributed by atoms with Crippen molar-refractivity contribution in [3.8, 4) is 0 Å². The Bertz CT molecular complexity index is 560. The molecule has 0 aromatic heterocycles. The second-order valence-electron chi connectivity index (χ2n) is 3.61. The summed E-state index contributed by atoms with van der Waals surface area (Å²) in [5.41, 5.74) is 5.20. The SMILES string of the molecule is CCC(NS(=O)(=O)c1ccc(F)cc1F)C(=N)N. The van der Waals surface area contributed by atoms with E-state index in [1.165, 1.54) is 0 Å². The molecule has 1 atom stereocenters. The van der Waals surface area contributed by atoms with E-state index in [2.05, 4.69) is 4.72 Å². The Kier molecular flexibility index (Phi) is 4.36. The fraction of sp³-hybridized carbons (Fsp3) is 0.300. The minimum Gasteiger partial charge on any atom is -0.386 e. The number of sulfonamides is 1. The van der Waals surface area contributed by atoms with Gasteiger partial charge in [-0.25, -0.2) is 21.9 Å². The Hall–Kier alpha value is -1.54. The Morgan fingerprint density at radius 2 is 2.11 bits per heavy atom. The fourth-order valence-corrected chi connectivity index (χ4v) is 2.67. The van der Waals surface area contributed by atoms with E-state index in [-0.39, 0.29) is 12.3 Å². The van der Waals surface area contributed by atoms with Crippen LogP contribution >= 0.6 is 0 Å². The van der Waals surface area contributed by atoms with E-state index >= 15 is 0 Å². The van der Waals surface area contributed by atoms with E-state index in [1.54, 1.807) is 6.92 Å². The van der Waals surface area contributed by atoms with E-state index in [4.69, 9.17) is 11.1 Å². The summed E-state index contributed by atoms with van der Waals surface area (Å²) >= 11 is 0. The number of amidine groups is 1. The summed E-state index contributed by atoms with van der Waals surface area (Å²) in [6, 6.07) is 1.22. The molecule has 5 nitrogen and oxygen atoms in total. The molecule has 0 aliphatic rings. The molecule has 0 spiro atoms. The fourth-order valence-electron chi connectivity index (χ4n) is 1.31. The van der Waals surface area contributed by atoms with Gasteiger partial charge in [0, 0.05) is 6.07 Å². The second kappa shape index (κ2) is 5.40. The lowest BCUT2D eigenvalue weighted by Gasteiger charge is -2.15. The van der Waals surface area contributed by atoms with Gasteiger partial charge < -0.3 is 5.73 Å². The van der Waals surface area contributed by atoms with Crippen molar-refractivity contribution in [1.29, 1.82) is 5.41 Å². The van der Waals surface area contributed by atoms with Crippen molar-refractivity contribution < 1.29 is 17.2 Å². The van der Waals surface area contributed by atoms with Crippen molar-refractivity contribution in [2.24, 2.45) is 5.73 Å². The molecule has 0 radical (unpaired) electrons. The van der Waals surface area contributed by atoms with Crippen molar-refractivity contribution in [2.45, 2.75) is 24.3 Å². The molecule has 0 saturated heterocycles. The quantitative estimate of drug-likeness (QED) is 0.552. The molecule has 0 bridgehead atoms. The van der Waals surface area contributed by atoms with Crippen molar-refractivity contribution >= 4 is 15.9 Å². The zero-order chi connectivity index (χ0) is 13.9. The third-order valence-electron chi connectivity index (χ3n) is 2.26. The Morgan fingerprint density at radius 1 is 1.50 bits per heavy atom. The first kappa shape index (κ1) is 14.5. The largest absolute Gasteiger partial charge is 0.386 e. The molecule has 1 unspecified atom stereocenters. The molecule has 0 amide bonds. The van der Waals surface area contributed by atoms with Gasteiger partial charge in [-0.1, -0.05) is 6.92 Å². The van der Waals surface area contributed by atoms with Crippen LogP contribution in [-0.2, 0) is 10.0 Å². The first-order valence-electron chi connectivity index (χ1n) is 5.09. The highest BCUT2D eigenvalue weighted by atomic mass is 32.2. The Labute approximate surface area is 104 Å². The summed E-state index contributed by atoms with van der Waals surface area (Å²) in [6.45, 7) is 1.62. The summed E-state index contributed by atoms with van der Waals surface area (Å²) in [4.78, 5) is -0.677. The predicted octanol–water partition coefficient (Wildman–Crippen LogP) is 0.958. The van der Waals surface area contributed by atoms with Crippen LogP contribution in [0.3, 0.4) is 0 Å². The third kappa shape index (κ3) is 3.23. The van der Waals surface area contributed by atoms with Crippen molar-refractivity contribution in [1.82, 2.24) is 4.72 Å².